The molecule has 1 amide bonds. The average molecular weight is 263 g/mol. The Labute approximate surface area is 102 Å². The van der Waals surface area contributed by atoms with Gasteiger partial charge in [-0.25, -0.2) is 4.39 Å². The van der Waals surface area contributed by atoms with Crippen LogP contribution >= 0.6 is 23.2 Å². The SMILES string of the molecule is NC1CC(=O)N(c2c(Cl)cc(F)cc2Cl)C1. The molecule has 0 saturated carbocycles. The summed E-state index contributed by atoms with van der Waals surface area (Å²) >= 11 is 11.7. The van der Waals surface area contributed by atoms with Gasteiger partial charge in [-0.05, 0) is 12.1 Å². The van der Waals surface area contributed by atoms with Crippen molar-refractivity contribution in [2.45, 2.75) is 12.5 Å². The zero-order valence-electron chi connectivity index (χ0n) is 8.21. The number of anilines is 1. The number of hydrogen-bond donors (Lipinski definition) is 1. The molecule has 1 saturated heterocycles. The number of halogens is 3. The Bertz CT molecular complexity index is 429. The Morgan fingerprint density at radius 1 is 1.38 bits per heavy atom. The maximum atomic E-state index is 13.0. The van der Waals surface area contributed by atoms with E-state index in [4.69, 9.17) is 28.9 Å². The molecule has 1 aliphatic heterocycles. The van der Waals surface area contributed by atoms with Crippen LogP contribution in [0.3, 0.4) is 0 Å². The van der Waals surface area contributed by atoms with Gasteiger partial charge in [-0.15, -0.1) is 0 Å². The first-order valence-corrected chi connectivity index (χ1v) is 5.45. The van der Waals surface area contributed by atoms with E-state index in [1.807, 2.05) is 0 Å². The molecule has 1 unspecified atom stereocenters. The van der Waals surface area contributed by atoms with Crippen molar-refractivity contribution in [3.05, 3.63) is 28.0 Å². The van der Waals surface area contributed by atoms with Crippen LogP contribution in [0.5, 0.6) is 0 Å². The van der Waals surface area contributed by atoms with Gasteiger partial charge in [0.25, 0.3) is 0 Å². The number of hydrogen-bond acceptors (Lipinski definition) is 2. The summed E-state index contributed by atoms with van der Waals surface area (Å²) in [4.78, 5) is 13.0. The Kier molecular flexibility index (Phi) is 3.06. The molecule has 0 spiro atoms. The van der Waals surface area contributed by atoms with Gasteiger partial charge in [0.1, 0.15) is 5.82 Å². The summed E-state index contributed by atoms with van der Waals surface area (Å²) < 4.78 is 13.0. The molecule has 16 heavy (non-hydrogen) atoms. The number of nitrogens with two attached hydrogens (primary N) is 1. The summed E-state index contributed by atoms with van der Waals surface area (Å²) in [5, 5.41) is 0.236. The molecule has 0 aliphatic carbocycles. The second-order valence-electron chi connectivity index (χ2n) is 3.69. The molecule has 0 bridgehead atoms. The third kappa shape index (κ3) is 2.00. The van der Waals surface area contributed by atoms with E-state index in [1.54, 1.807) is 0 Å². The Hall–Kier alpha value is -0.840. The quantitative estimate of drug-likeness (QED) is 0.844. The molecule has 1 fully saturated rings. The molecule has 86 valence electrons. The molecule has 2 rings (SSSR count). The van der Waals surface area contributed by atoms with Gasteiger partial charge >= 0.3 is 0 Å². The van der Waals surface area contributed by atoms with E-state index < -0.39 is 5.82 Å². The summed E-state index contributed by atoms with van der Waals surface area (Å²) in [6.45, 7) is 0.351. The molecule has 2 N–H and O–H groups in total. The van der Waals surface area contributed by atoms with E-state index in [9.17, 15) is 9.18 Å². The van der Waals surface area contributed by atoms with Crippen molar-refractivity contribution in [1.29, 1.82) is 0 Å². The zero-order valence-corrected chi connectivity index (χ0v) is 9.72. The van der Waals surface area contributed by atoms with E-state index in [0.717, 1.165) is 12.1 Å². The van der Waals surface area contributed by atoms with Crippen LogP contribution in [0.2, 0.25) is 10.0 Å². The molecule has 0 radical (unpaired) electrons. The number of rotatable bonds is 1. The Morgan fingerprint density at radius 3 is 2.38 bits per heavy atom. The van der Waals surface area contributed by atoms with Crippen molar-refractivity contribution in [2.24, 2.45) is 5.73 Å². The molecule has 1 aliphatic rings. The monoisotopic (exact) mass is 262 g/mol. The molecule has 1 heterocycles. The summed E-state index contributed by atoms with van der Waals surface area (Å²) in [6, 6.07) is 2.02. The van der Waals surface area contributed by atoms with Gasteiger partial charge in [-0.1, -0.05) is 23.2 Å². The summed E-state index contributed by atoms with van der Waals surface area (Å²) in [5.41, 5.74) is 6.00. The number of amides is 1. The highest BCUT2D eigenvalue weighted by molar-refractivity contribution is 6.40. The van der Waals surface area contributed by atoms with Gasteiger partial charge in [0.05, 0.1) is 15.7 Å². The molecular weight excluding hydrogens is 254 g/mol. The summed E-state index contributed by atoms with van der Waals surface area (Å²) in [5.74, 6) is -0.683. The third-order valence-electron chi connectivity index (χ3n) is 2.41. The van der Waals surface area contributed by atoms with Crippen LogP contribution in [0.1, 0.15) is 6.42 Å². The lowest BCUT2D eigenvalue weighted by Gasteiger charge is -2.19. The van der Waals surface area contributed by atoms with Crippen molar-refractivity contribution < 1.29 is 9.18 Å². The molecule has 3 nitrogen and oxygen atoms in total. The third-order valence-corrected chi connectivity index (χ3v) is 2.98. The lowest BCUT2D eigenvalue weighted by atomic mass is 10.3. The molecule has 6 heteroatoms. The van der Waals surface area contributed by atoms with Gasteiger partial charge in [0, 0.05) is 19.0 Å². The molecular formula is C10H9Cl2FN2O. The largest absolute Gasteiger partial charge is 0.326 e. The lowest BCUT2D eigenvalue weighted by Crippen LogP contribution is -2.28. The lowest BCUT2D eigenvalue weighted by molar-refractivity contribution is -0.117. The highest BCUT2D eigenvalue weighted by Crippen LogP contribution is 2.36. The first-order valence-electron chi connectivity index (χ1n) is 4.69. The van der Waals surface area contributed by atoms with E-state index in [2.05, 4.69) is 0 Å². The molecule has 1 atom stereocenters. The van der Waals surface area contributed by atoms with E-state index >= 15 is 0 Å². The highest BCUT2D eigenvalue weighted by atomic mass is 35.5. The van der Waals surface area contributed by atoms with Crippen LogP contribution in [0.4, 0.5) is 10.1 Å². The van der Waals surface area contributed by atoms with Gasteiger partial charge in [-0.2, -0.15) is 0 Å². The molecule has 1 aromatic carbocycles. The van der Waals surface area contributed by atoms with Crippen molar-refractivity contribution in [2.75, 3.05) is 11.4 Å². The molecule has 1 aromatic rings. The van der Waals surface area contributed by atoms with Crippen molar-refractivity contribution in [1.82, 2.24) is 0 Å². The average Bonchev–Trinajstić information content (AvgIpc) is 2.43. The van der Waals surface area contributed by atoms with Gasteiger partial charge < -0.3 is 10.6 Å². The second kappa shape index (κ2) is 4.20. The topological polar surface area (TPSA) is 46.3 Å². The van der Waals surface area contributed by atoms with Crippen LogP contribution in [0, 0.1) is 5.82 Å². The minimum absolute atomic E-state index is 0.118. The fraction of sp³-hybridized carbons (Fsp3) is 0.300. The van der Waals surface area contributed by atoms with Crippen molar-refractivity contribution in [3.8, 4) is 0 Å². The van der Waals surface area contributed by atoms with E-state index in [-0.39, 0.29) is 28.4 Å². The number of carbonyl (C=O) groups is 1. The number of benzene rings is 1. The van der Waals surface area contributed by atoms with Crippen LogP contribution in [-0.4, -0.2) is 18.5 Å². The smallest absolute Gasteiger partial charge is 0.228 e. The minimum atomic E-state index is -0.533. The van der Waals surface area contributed by atoms with Gasteiger partial charge in [0.2, 0.25) is 5.91 Å². The normalized spacial score (nSPS) is 20.6. The van der Waals surface area contributed by atoms with Crippen LogP contribution < -0.4 is 10.6 Å². The van der Waals surface area contributed by atoms with E-state index in [1.165, 1.54) is 4.90 Å². The van der Waals surface area contributed by atoms with Gasteiger partial charge in [-0.3, -0.25) is 4.79 Å². The standard InChI is InChI=1S/C10H9Cl2FN2O/c11-7-1-5(13)2-8(12)10(7)15-4-6(14)3-9(15)16/h1-2,6H,3-4,14H2. The first kappa shape index (κ1) is 11.6. The Morgan fingerprint density at radius 2 is 1.94 bits per heavy atom. The first-order chi connectivity index (χ1) is 7.49. The Balaban J connectivity index is 2.44. The van der Waals surface area contributed by atoms with Gasteiger partial charge in [0.15, 0.2) is 0 Å². The highest BCUT2D eigenvalue weighted by Gasteiger charge is 2.31. The molecule has 0 aromatic heterocycles. The fourth-order valence-corrected chi connectivity index (χ4v) is 2.41. The fourth-order valence-electron chi connectivity index (χ4n) is 1.74. The zero-order chi connectivity index (χ0) is 11.9. The van der Waals surface area contributed by atoms with Crippen LogP contribution in [-0.2, 0) is 4.79 Å². The number of carbonyl (C=O) groups excluding carboxylic acids is 1. The predicted octanol–water partition coefficient (Wildman–Crippen LogP) is 2.20. The number of nitrogens with zero attached hydrogens (tertiary/aromatic N) is 1. The summed E-state index contributed by atoms with van der Waals surface area (Å²) in [6.07, 6.45) is 0.254. The maximum absolute atomic E-state index is 13.0. The van der Waals surface area contributed by atoms with Crippen molar-refractivity contribution >= 4 is 34.8 Å². The maximum Gasteiger partial charge on any atom is 0.228 e. The van der Waals surface area contributed by atoms with Crippen LogP contribution in [0.25, 0.3) is 0 Å². The minimum Gasteiger partial charge on any atom is -0.326 e. The predicted molar refractivity (Wildman–Crippen MR) is 61.4 cm³/mol. The van der Waals surface area contributed by atoms with Crippen molar-refractivity contribution in [3.63, 3.8) is 0 Å². The van der Waals surface area contributed by atoms with Crippen LogP contribution in [0.15, 0.2) is 12.1 Å². The summed E-state index contributed by atoms with van der Waals surface area (Å²) in [7, 11) is 0. The van der Waals surface area contributed by atoms with E-state index in [0.29, 0.717) is 12.2 Å². The second-order valence-corrected chi connectivity index (χ2v) is 4.50.